The average molecular weight is 479 g/mol. The summed E-state index contributed by atoms with van der Waals surface area (Å²) < 4.78 is 52.0. The summed E-state index contributed by atoms with van der Waals surface area (Å²) in [4.78, 5) is 4.32. The highest BCUT2D eigenvalue weighted by atomic mass is 79.9. The molecule has 0 amide bonds. The topological polar surface area (TPSA) is 84.4 Å². The van der Waals surface area contributed by atoms with Gasteiger partial charge < -0.3 is 0 Å². The summed E-state index contributed by atoms with van der Waals surface area (Å²) in [5.41, 5.74) is 0.838. The molecule has 0 saturated carbocycles. The molecule has 1 aromatic heterocycles. The van der Waals surface area contributed by atoms with Gasteiger partial charge in [-0.05, 0) is 25.0 Å². The Hall–Kier alpha value is -0.810. The summed E-state index contributed by atoms with van der Waals surface area (Å²) in [7, 11) is -7.00. The molecular formula is C16H19BrN2O4S3. The molecule has 1 aliphatic heterocycles. The van der Waals surface area contributed by atoms with Crippen molar-refractivity contribution in [3.63, 3.8) is 0 Å². The quantitative estimate of drug-likeness (QED) is 0.636. The maximum absolute atomic E-state index is 13.1. The fourth-order valence-corrected chi connectivity index (χ4v) is 7.85. The summed E-state index contributed by atoms with van der Waals surface area (Å²) in [5, 5.41) is 2.13. The molecule has 142 valence electrons. The van der Waals surface area contributed by atoms with Crippen LogP contribution in [0.15, 0.2) is 39.1 Å². The van der Waals surface area contributed by atoms with E-state index in [2.05, 4.69) is 20.9 Å². The summed E-state index contributed by atoms with van der Waals surface area (Å²) in [5.74, 6) is -0.0788. The first-order valence-corrected chi connectivity index (χ1v) is 13.1. The van der Waals surface area contributed by atoms with Crippen molar-refractivity contribution in [2.45, 2.75) is 30.8 Å². The molecule has 1 fully saturated rings. The van der Waals surface area contributed by atoms with Gasteiger partial charge in [0.05, 0.1) is 11.5 Å². The van der Waals surface area contributed by atoms with Crippen LogP contribution in [0.3, 0.4) is 0 Å². The molecule has 2 heterocycles. The van der Waals surface area contributed by atoms with Crippen LogP contribution in [0.2, 0.25) is 0 Å². The lowest BCUT2D eigenvalue weighted by molar-refractivity contribution is 0.339. The van der Waals surface area contributed by atoms with E-state index in [0.717, 1.165) is 10.0 Å². The van der Waals surface area contributed by atoms with E-state index in [-0.39, 0.29) is 23.1 Å². The fourth-order valence-electron chi connectivity index (χ4n) is 2.94. The molecule has 0 spiro atoms. The predicted molar refractivity (Wildman–Crippen MR) is 106 cm³/mol. The van der Waals surface area contributed by atoms with Crippen LogP contribution in [0.4, 0.5) is 0 Å². The van der Waals surface area contributed by atoms with E-state index >= 15 is 0 Å². The van der Waals surface area contributed by atoms with E-state index in [1.165, 1.54) is 21.0 Å². The fraction of sp³-hybridized carbons (Fsp3) is 0.438. The van der Waals surface area contributed by atoms with Crippen LogP contribution in [0.1, 0.15) is 19.8 Å². The molecule has 6 nitrogen and oxygen atoms in total. The molecule has 0 aliphatic carbocycles. The van der Waals surface area contributed by atoms with E-state index in [1.54, 1.807) is 0 Å². The van der Waals surface area contributed by atoms with Gasteiger partial charge in [0, 0.05) is 28.0 Å². The summed E-state index contributed by atoms with van der Waals surface area (Å²) >= 11 is 4.63. The average Bonchev–Trinajstić information content (AvgIpc) is 3.20. The van der Waals surface area contributed by atoms with Gasteiger partial charge in [-0.15, -0.1) is 11.3 Å². The van der Waals surface area contributed by atoms with E-state index < -0.39 is 25.9 Å². The first-order chi connectivity index (χ1) is 12.2. The molecule has 26 heavy (non-hydrogen) atoms. The van der Waals surface area contributed by atoms with Gasteiger partial charge in [-0.1, -0.05) is 35.0 Å². The zero-order valence-corrected chi connectivity index (χ0v) is 18.2. The van der Waals surface area contributed by atoms with E-state index in [4.69, 9.17) is 0 Å². The Morgan fingerprint density at radius 3 is 2.58 bits per heavy atom. The van der Waals surface area contributed by atoms with Crippen LogP contribution in [-0.2, 0) is 19.9 Å². The number of hydrogen-bond acceptors (Lipinski definition) is 6. The van der Waals surface area contributed by atoms with Gasteiger partial charge in [0.25, 0.3) is 10.0 Å². The van der Waals surface area contributed by atoms with Gasteiger partial charge >= 0.3 is 0 Å². The number of nitrogens with zero attached hydrogens (tertiary/aromatic N) is 2. The highest BCUT2D eigenvalue weighted by Gasteiger charge is 2.39. The van der Waals surface area contributed by atoms with Crippen molar-refractivity contribution in [1.82, 2.24) is 9.29 Å². The third-order valence-corrected chi connectivity index (χ3v) is 9.36. The number of halogens is 1. The lowest BCUT2D eigenvalue weighted by atomic mass is 10.2. The van der Waals surface area contributed by atoms with Crippen LogP contribution in [-0.4, -0.2) is 50.2 Å². The minimum absolute atomic E-state index is 0.0156. The van der Waals surface area contributed by atoms with Gasteiger partial charge in [0.15, 0.2) is 14.9 Å². The molecule has 0 N–H and O–H groups in total. The summed E-state index contributed by atoms with van der Waals surface area (Å²) in [6, 6.07) is 6.97. The second-order valence-electron chi connectivity index (χ2n) is 6.17. The maximum Gasteiger partial charge on any atom is 0.261 e. The maximum atomic E-state index is 13.1. The number of thiazole rings is 1. The molecule has 1 atom stereocenters. The third-order valence-electron chi connectivity index (χ3n) is 4.21. The van der Waals surface area contributed by atoms with Gasteiger partial charge in [-0.2, -0.15) is 4.31 Å². The normalized spacial score (nSPS) is 19.9. The highest BCUT2D eigenvalue weighted by molar-refractivity contribution is 9.10. The Balaban J connectivity index is 1.91. The SMILES string of the molecule is CCCN(C1CCS(=O)(=O)C1)S(=O)(=O)c1csc(-c2ccc(Br)cc2)n1. The van der Waals surface area contributed by atoms with Crippen LogP contribution in [0, 0.1) is 0 Å². The minimum Gasteiger partial charge on any atom is -0.229 e. The van der Waals surface area contributed by atoms with E-state index in [1.807, 2.05) is 31.2 Å². The van der Waals surface area contributed by atoms with Crippen LogP contribution >= 0.6 is 27.3 Å². The predicted octanol–water partition coefficient (Wildman–Crippen LogP) is 3.16. The monoisotopic (exact) mass is 478 g/mol. The highest BCUT2D eigenvalue weighted by Crippen LogP contribution is 2.30. The van der Waals surface area contributed by atoms with Crippen molar-refractivity contribution in [3.8, 4) is 10.6 Å². The van der Waals surface area contributed by atoms with Gasteiger partial charge in [0.1, 0.15) is 5.01 Å². The zero-order valence-electron chi connectivity index (χ0n) is 14.1. The van der Waals surface area contributed by atoms with Gasteiger partial charge in [0.2, 0.25) is 0 Å². The van der Waals surface area contributed by atoms with Crippen molar-refractivity contribution < 1.29 is 16.8 Å². The Morgan fingerprint density at radius 1 is 1.31 bits per heavy atom. The van der Waals surface area contributed by atoms with Crippen molar-refractivity contribution >= 4 is 47.1 Å². The summed E-state index contributed by atoms with van der Waals surface area (Å²) in [6.45, 7) is 2.16. The first kappa shape index (κ1) is 19.9. The van der Waals surface area contributed by atoms with Crippen molar-refractivity contribution in [2.75, 3.05) is 18.1 Å². The second kappa shape index (κ2) is 7.67. The van der Waals surface area contributed by atoms with Crippen LogP contribution in [0.5, 0.6) is 0 Å². The molecule has 10 heteroatoms. The van der Waals surface area contributed by atoms with Crippen LogP contribution in [0.25, 0.3) is 10.6 Å². The molecule has 0 radical (unpaired) electrons. The van der Waals surface area contributed by atoms with Crippen molar-refractivity contribution in [3.05, 3.63) is 34.1 Å². The largest absolute Gasteiger partial charge is 0.261 e. The standard InChI is InChI=1S/C16H19BrN2O4S3/c1-2-8-19(14-7-9-25(20,21)11-14)26(22,23)15-10-24-16(18-15)12-3-5-13(17)6-4-12/h3-6,10,14H,2,7-9,11H2,1H3. The number of benzene rings is 1. The summed E-state index contributed by atoms with van der Waals surface area (Å²) in [6.07, 6.45) is 0.949. The molecule has 1 saturated heterocycles. The smallest absolute Gasteiger partial charge is 0.229 e. The lowest BCUT2D eigenvalue weighted by Crippen LogP contribution is -2.41. The Bertz CT molecular complexity index is 985. The number of rotatable bonds is 6. The zero-order chi connectivity index (χ0) is 18.9. The third kappa shape index (κ3) is 4.19. The van der Waals surface area contributed by atoms with Crippen molar-refractivity contribution in [2.24, 2.45) is 0 Å². The molecule has 1 aromatic carbocycles. The van der Waals surface area contributed by atoms with Crippen LogP contribution < -0.4 is 0 Å². The molecule has 1 unspecified atom stereocenters. The van der Waals surface area contributed by atoms with E-state index in [9.17, 15) is 16.8 Å². The molecular weight excluding hydrogens is 460 g/mol. The van der Waals surface area contributed by atoms with E-state index in [0.29, 0.717) is 17.8 Å². The Kier molecular flexibility index (Phi) is 5.88. The minimum atomic E-state index is -3.83. The molecule has 3 rings (SSSR count). The number of hydrogen-bond donors (Lipinski definition) is 0. The second-order valence-corrected chi connectivity index (χ2v) is 12.0. The number of aromatic nitrogens is 1. The number of sulfone groups is 1. The lowest BCUT2D eigenvalue weighted by Gasteiger charge is -2.25. The molecule has 2 aromatic rings. The van der Waals surface area contributed by atoms with Gasteiger partial charge in [-0.25, -0.2) is 21.8 Å². The number of sulfonamides is 1. The van der Waals surface area contributed by atoms with Crippen molar-refractivity contribution in [1.29, 1.82) is 0 Å². The molecule has 1 aliphatic rings. The van der Waals surface area contributed by atoms with Gasteiger partial charge in [-0.3, -0.25) is 0 Å². The molecule has 0 bridgehead atoms. The Labute approximate surface area is 166 Å². The Morgan fingerprint density at radius 2 is 2.00 bits per heavy atom. The first-order valence-electron chi connectivity index (χ1n) is 8.16.